The van der Waals surface area contributed by atoms with Gasteiger partial charge < -0.3 is 0 Å². The first kappa shape index (κ1) is 12.2. The minimum absolute atomic E-state index is 0.272. The lowest BCUT2D eigenvalue weighted by molar-refractivity contribution is 0.559. The molecular weight excluding hydrogens is 283 g/mol. The Morgan fingerprint density at radius 1 is 1.00 bits per heavy atom. The van der Waals surface area contributed by atoms with Gasteiger partial charge in [-0.2, -0.15) is 0 Å². The number of nitrogens with two attached hydrogens (primary N) is 1. The van der Waals surface area contributed by atoms with Crippen molar-refractivity contribution in [3.8, 4) is 0 Å². The molecule has 0 amide bonds. The van der Waals surface area contributed by atoms with E-state index in [1.807, 2.05) is 24.3 Å². The lowest BCUT2D eigenvalue weighted by Crippen LogP contribution is -2.29. The van der Waals surface area contributed by atoms with Crippen LogP contribution >= 0.6 is 15.9 Å². The zero-order valence-corrected chi connectivity index (χ0v) is 10.6. The van der Waals surface area contributed by atoms with Crippen LogP contribution < -0.4 is 11.3 Å². The van der Waals surface area contributed by atoms with Crippen molar-refractivity contribution in [3.63, 3.8) is 0 Å². The quantitative estimate of drug-likeness (QED) is 0.674. The second-order valence-corrected chi connectivity index (χ2v) is 4.50. The molecule has 0 aromatic heterocycles. The first-order valence-electron chi connectivity index (χ1n) is 5.19. The van der Waals surface area contributed by atoms with Crippen molar-refractivity contribution in [1.29, 1.82) is 0 Å². The van der Waals surface area contributed by atoms with Gasteiger partial charge in [-0.3, -0.25) is 5.84 Å². The largest absolute Gasteiger partial charge is 0.271 e. The predicted molar refractivity (Wildman–Crippen MR) is 69.7 cm³/mol. The van der Waals surface area contributed by atoms with Gasteiger partial charge in [-0.25, -0.2) is 9.82 Å². The molecule has 0 fully saturated rings. The van der Waals surface area contributed by atoms with Crippen LogP contribution in [-0.4, -0.2) is 0 Å². The zero-order chi connectivity index (χ0) is 12.3. The molecule has 17 heavy (non-hydrogen) atoms. The van der Waals surface area contributed by atoms with E-state index >= 15 is 0 Å². The Morgan fingerprint density at radius 3 is 2.18 bits per heavy atom. The fraction of sp³-hybridized carbons (Fsp3) is 0.0769. The van der Waals surface area contributed by atoms with Crippen LogP contribution in [0.25, 0.3) is 0 Å². The lowest BCUT2D eigenvalue weighted by atomic mass is 9.99. The monoisotopic (exact) mass is 294 g/mol. The molecule has 2 aromatic rings. The van der Waals surface area contributed by atoms with Crippen molar-refractivity contribution in [3.05, 3.63) is 69.9 Å². The van der Waals surface area contributed by atoms with Crippen LogP contribution in [0, 0.1) is 5.82 Å². The number of hydrogen-bond donors (Lipinski definition) is 2. The molecule has 0 bridgehead atoms. The van der Waals surface area contributed by atoms with E-state index in [9.17, 15) is 4.39 Å². The molecule has 1 unspecified atom stereocenters. The minimum Gasteiger partial charge on any atom is -0.271 e. The van der Waals surface area contributed by atoms with Gasteiger partial charge >= 0.3 is 0 Å². The molecule has 3 N–H and O–H groups in total. The Hall–Kier alpha value is -1.23. The van der Waals surface area contributed by atoms with Gasteiger partial charge in [0, 0.05) is 10.0 Å². The Balaban J connectivity index is 2.48. The molecule has 0 saturated heterocycles. The van der Waals surface area contributed by atoms with Gasteiger partial charge in [0.15, 0.2) is 0 Å². The summed E-state index contributed by atoms with van der Waals surface area (Å²) in [6.45, 7) is 0. The maximum Gasteiger partial charge on any atom is 0.128 e. The van der Waals surface area contributed by atoms with Crippen molar-refractivity contribution in [2.24, 2.45) is 5.84 Å². The Kier molecular flexibility index (Phi) is 3.89. The smallest absolute Gasteiger partial charge is 0.128 e. The first-order valence-corrected chi connectivity index (χ1v) is 5.98. The van der Waals surface area contributed by atoms with Gasteiger partial charge in [0.2, 0.25) is 0 Å². The number of nitrogens with one attached hydrogen (secondary N) is 1. The number of halogens is 2. The Labute approximate surface area is 108 Å². The van der Waals surface area contributed by atoms with Crippen LogP contribution in [-0.2, 0) is 0 Å². The Morgan fingerprint density at radius 2 is 1.59 bits per heavy atom. The molecule has 0 spiro atoms. The molecule has 0 heterocycles. The first-order chi connectivity index (χ1) is 8.24. The van der Waals surface area contributed by atoms with Gasteiger partial charge in [-0.1, -0.05) is 52.3 Å². The topological polar surface area (TPSA) is 38.0 Å². The van der Waals surface area contributed by atoms with Crippen molar-refractivity contribution in [2.45, 2.75) is 6.04 Å². The number of benzene rings is 2. The van der Waals surface area contributed by atoms with E-state index in [2.05, 4.69) is 21.4 Å². The zero-order valence-electron chi connectivity index (χ0n) is 9.03. The third kappa shape index (κ3) is 2.54. The van der Waals surface area contributed by atoms with Gasteiger partial charge in [-0.15, -0.1) is 0 Å². The van der Waals surface area contributed by atoms with Crippen molar-refractivity contribution < 1.29 is 4.39 Å². The highest BCUT2D eigenvalue weighted by Gasteiger charge is 2.17. The van der Waals surface area contributed by atoms with Crippen LogP contribution in [0.4, 0.5) is 4.39 Å². The number of hydrazine groups is 1. The molecule has 0 saturated carbocycles. The van der Waals surface area contributed by atoms with E-state index in [0.717, 1.165) is 10.0 Å². The molecule has 2 aromatic carbocycles. The van der Waals surface area contributed by atoms with Gasteiger partial charge in [0.25, 0.3) is 0 Å². The van der Waals surface area contributed by atoms with Crippen molar-refractivity contribution in [1.82, 2.24) is 5.43 Å². The maximum absolute atomic E-state index is 13.7. The summed E-state index contributed by atoms with van der Waals surface area (Å²) in [5.74, 6) is 5.27. The molecule has 1 atom stereocenters. The summed E-state index contributed by atoms with van der Waals surface area (Å²) in [5, 5.41) is 0. The van der Waals surface area contributed by atoms with E-state index in [1.54, 1.807) is 18.2 Å². The predicted octanol–water partition coefficient (Wildman–Crippen LogP) is 3.14. The molecule has 0 aliphatic rings. The summed E-state index contributed by atoms with van der Waals surface area (Å²) in [4.78, 5) is 0. The average Bonchev–Trinajstić information content (AvgIpc) is 2.34. The van der Waals surface area contributed by atoms with E-state index < -0.39 is 0 Å². The molecule has 4 heteroatoms. The maximum atomic E-state index is 13.7. The fourth-order valence-electron chi connectivity index (χ4n) is 1.77. The molecule has 0 aliphatic heterocycles. The van der Waals surface area contributed by atoms with Crippen LogP contribution in [0.15, 0.2) is 53.0 Å². The molecule has 88 valence electrons. The van der Waals surface area contributed by atoms with Crippen LogP contribution in [0.5, 0.6) is 0 Å². The summed E-state index contributed by atoms with van der Waals surface area (Å²) in [7, 11) is 0. The summed E-state index contributed by atoms with van der Waals surface area (Å²) >= 11 is 3.44. The van der Waals surface area contributed by atoms with Crippen molar-refractivity contribution in [2.75, 3.05) is 0 Å². The summed E-state index contributed by atoms with van der Waals surface area (Å²) in [6.07, 6.45) is 0. The Bertz CT molecular complexity index is 471. The van der Waals surface area contributed by atoms with Crippen LogP contribution in [0.3, 0.4) is 0 Å². The SMILES string of the molecule is NNC(c1ccccc1F)c1ccccc1Br. The average molecular weight is 295 g/mol. The van der Waals surface area contributed by atoms with Crippen LogP contribution in [0.2, 0.25) is 0 Å². The number of rotatable bonds is 3. The molecular formula is C13H12BrFN2. The second kappa shape index (κ2) is 5.40. The third-order valence-electron chi connectivity index (χ3n) is 2.60. The van der Waals surface area contributed by atoms with Gasteiger partial charge in [0.1, 0.15) is 5.82 Å². The minimum atomic E-state index is -0.369. The van der Waals surface area contributed by atoms with E-state index in [1.165, 1.54) is 6.07 Å². The van der Waals surface area contributed by atoms with Gasteiger partial charge in [-0.05, 0) is 17.7 Å². The standard InChI is InChI=1S/C13H12BrFN2/c14-11-7-3-1-5-9(11)13(17-16)10-6-2-4-8-12(10)15/h1-8,13,17H,16H2. The van der Waals surface area contributed by atoms with E-state index in [0.29, 0.717) is 5.56 Å². The molecule has 0 aliphatic carbocycles. The lowest BCUT2D eigenvalue weighted by Gasteiger charge is -2.18. The molecule has 2 rings (SSSR count). The number of hydrogen-bond acceptors (Lipinski definition) is 2. The highest BCUT2D eigenvalue weighted by atomic mass is 79.9. The normalized spacial score (nSPS) is 12.4. The summed E-state index contributed by atoms with van der Waals surface area (Å²) in [5.41, 5.74) is 4.08. The molecule has 2 nitrogen and oxygen atoms in total. The highest BCUT2D eigenvalue weighted by Crippen LogP contribution is 2.29. The van der Waals surface area contributed by atoms with Gasteiger partial charge in [0.05, 0.1) is 6.04 Å². The summed E-state index contributed by atoms with van der Waals surface area (Å²) in [6, 6.07) is 13.8. The third-order valence-corrected chi connectivity index (χ3v) is 3.32. The van der Waals surface area contributed by atoms with E-state index in [4.69, 9.17) is 5.84 Å². The molecule has 0 radical (unpaired) electrons. The fourth-order valence-corrected chi connectivity index (χ4v) is 2.28. The van der Waals surface area contributed by atoms with E-state index in [-0.39, 0.29) is 11.9 Å². The highest BCUT2D eigenvalue weighted by molar-refractivity contribution is 9.10. The second-order valence-electron chi connectivity index (χ2n) is 3.64. The van der Waals surface area contributed by atoms with Crippen molar-refractivity contribution >= 4 is 15.9 Å². The summed E-state index contributed by atoms with van der Waals surface area (Å²) < 4.78 is 14.6. The van der Waals surface area contributed by atoms with Crippen LogP contribution in [0.1, 0.15) is 17.2 Å².